The summed E-state index contributed by atoms with van der Waals surface area (Å²) in [5.41, 5.74) is 2.03. The molecule has 1 unspecified atom stereocenters. The van der Waals surface area contributed by atoms with Gasteiger partial charge in [0.25, 0.3) is 5.91 Å². The van der Waals surface area contributed by atoms with E-state index < -0.39 is 12.1 Å². The third-order valence-corrected chi connectivity index (χ3v) is 4.20. The van der Waals surface area contributed by atoms with Crippen molar-refractivity contribution < 1.29 is 19.1 Å². The number of fused-ring (bicyclic) bond motifs is 1. The second-order valence-corrected chi connectivity index (χ2v) is 6.19. The molecule has 0 fully saturated rings. The van der Waals surface area contributed by atoms with Gasteiger partial charge in [-0.05, 0) is 36.1 Å². The van der Waals surface area contributed by atoms with Gasteiger partial charge in [0.15, 0.2) is 6.10 Å². The van der Waals surface area contributed by atoms with Gasteiger partial charge in [0, 0.05) is 18.2 Å². The number of carbonyl (C=O) groups is 2. The second kappa shape index (κ2) is 8.47. The van der Waals surface area contributed by atoms with Crippen LogP contribution in [0.4, 0.5) is 5.69 Å². The Bertz CT molecular complexity index is 945. The number of ether oxygens (including phenoxy) is 2. The van der Waals surface area contributed by atoms with Crippen LogP contribution in [0.15, 0.2) is 66.7 Å². The minimum atomic E-state index is -0.921. The molecule has 0 heterocycles. The Kier molecular flexibility index (Phi) is 5.84. The molecule has 3 aromatic rings. The fraction of sp³-hybridized carbons (Fsp3) is 0.182. The maximum atomic E-state index is 12.5. The topological polar surface area (TPSA) is 64.6 Å². The molecule has 27 heavy (non-hydrogen) atoms. The van der Waals surface area contributed by atoms with Crippen molar-refractivity contribution in [1.82, 2.24) is 0 Å². The Balaban J connectivity index is 1.65. The monoisotopic (exact) mass is 363 g/mol. The summed E-state index contributed by atoms with van der Waals surface area (Å²) in [6, 6.07) is 20.3. The van der Waals surface area contributed by atoms with E-state index in [9.17, 15) is 9.59 Å². The van der Waals surface area contributed by atoms with E-state index in [0.717, 1.165) is 16.3 Å². The number of amides is 1. The number of hydrogen-bond donors (Lipinski definition) is 1. The van der Waals surface area contributed by atoms with Crippen molar-refractivity contribution in [2.45, 2.75) is 19.6 Å². The number of hydrogen-bond acceptors (Lipinski definition) is 4. The van der Waals surface area contributed by atoms with Crippen molar-refractivity contribution in [3.63, 3.8) is 0 Å². The molecule has 0 radical (unpaired) electrons. The SMILES string of the molecule is COCc1ccc(C(=O)OC(C)C(=O)Nc2cccc3ccccc23)cc1. The Hall–Kier alpha value is -3.18. The van der Waals surface area contributed by atoms with Crippen LogP contribution in [0.1, 0.15) is 22.8 Å². The van der Waals surface area contributed by atoms with Gasteiger partial charge in [-0.2, -0.15) is 0 Å². The highest BCUT2D eigenvalue weighted by atomic mass is 16.5. The summed E-state index contributed by atoms with van der Waals surface area (Å²) in [7, 11) is 1.61. The van der Waals surface area contributed by atoms with Crippen LogP contribution in [0.2, 0.25) is 0 Å². The number of benzene rings is 3. The van der Waals surface area contributed by atoms with Crippen molar-refractivity contribution in [2.24, 2.45) is 0 Å². The summed E-state index contributed by atoms with van der Waals surface area (Å²) < 4.78 is 10.3. The largest absolute Gasteiger partial charge is 0.449 e. The predicted molar refractivity (Wildman–Crippen MR) is 105 cm³/mol. The van der Waals surface area contributed by atoms with E-state index in [1.54, 1.807) is 38.3 Å². The zero-order chi connectivity index (χ0) is 19.2. The van der Waals surface area contributed by atoms with E-state index in [4.69, 9.17) is 9.47 Å². The first-order valence-electron chi connectivity index (χ1n) is 8.66. The molecular formula is C22H21NO4. The first-order chi connectivity index (χ1) is 13.1. The highest BCUT2D eigenvalue weighted by molar-refractivity contribution is 6.04. The fourth-order valence-electron chi connectivity index (χ4n) is 2.75. The average molecular weight is 363 g/mol. The Labute approximate surface area is 157 Å². The van der Waals surface area contributed by atoms with E-state index in [-0.39, 0.29) is 5.91 Å². The maximum absolute atomic E-state index is 12.5. The van der Waals surface area contributed by atoms with Gasteiger partial charge in [-0.3, -0.25) is 4.79 Å². The highest BCUT2D eigenvalue weighted by Crippen LogP contribution is 2.23. The van der Waals surface area contributed by atoms with Crippen molar-refractivity contribution >= 4 is 28.3 Å². The van der Waals surface area contributed by atoms with E-state index in [1.807, 2.05) is 42.5 Å². The molecule has 1 N–H and O–H groups in total. The van der Waals surface area contributed by atoms with E-state index in [2.05, 4.69) is 5.32 Å². The molecule has 5 nitrogen and oxygen atoms in total. The Morgan fingerprint density at radius 3 is 2.41 bits per heavy atom. The third-order valence-electron chi connectivity index (χ3n) is 4.20. The second-order valence-electron chi connectivity index (χ2n) is 6.19. The zero-order valence-electron chi connectivity index (χ0n) is 15.3. The first kappa shape index (κ1) is 18.6. The van der Waals surface area contributed by atoms with Gasteiger partial charge in [0.1, 0.15) is 0 Å². The first-order valence-corrected chi connectivity index (χ1v) is 8.66. The van der Waals surface area contributed by atoms with Gasteiger partial charge in [-0.15, -0.1) is 0 Å². The zero-order valence-corrected chi connectivity index (χ0v) is 15.3. The molecule has 138 valence electrons. The van der Waals surface area contributed by atoms with Crippen LogP contribution in [0.3, 0.4) is 0 Å². The average Bonchev–Trinajstić information content (AvgIpc) is 2.69. The Morgan fingerprint density at radius 2 is 1.67 bits per heavy atom. The van der Waals surface area contributed by atoms with Crippen LogP contribution >= 0.6 is 0 Å². The van der Waals surface area contributed by atoms with Gasteiger partial charge < -0.3 is 14.8 Å². The van der Waals surface area contributed by atoms with Gasteiger partial charge in [0.2, 0.25) is 0 Å². The number of rotatable bonds is 6. The molecule has 0 spiro atoms. The lowest BCUT2D eigenvalue weighted by Gasteiger charge is -2.15. The minimum absolute atomic E-state index is 0.379. The van der Waals surface area contributed by atoms with Gasteiger partial charge in [-0.25, -0.2) is 4.79 Å². The van der Waals surface area contributed by atoms with Crippen molar-refractivity contribution in [2.75, 3.05) is 12.4 Å². The van der Waals surface area contributed by atoms with Crippen LogP contribution in [-0.2, 0) is 20.9 Å². The normalized spacial score (nSPS) is 11.8. The lowest BCUT2D eigenvalue weighted by atomic mass is 10.1. The fourth-order valence-corrected chi connectivity index (χ4v) is 2.75. The van der Waals surface area contributed by atoms with Crippen molar-refractivity contribution in [3.05, 3.63) is 77.9 Å². The van der Waals surface area contributed by atoms with E-state index in [0.29, 0.717) is 17.9 Å². The van der Waals surface area contributed by atoms with Crippen LogP contribution in [0.25, 0.3) is 10.8 Å². The number of carbonyl (C=O) groups excluding carboxylic acids is 2. The highest BCUT2D eigenvalue weighted by Gasteiger charge is 2.19. The maximum Gasteiger partial charge on any atom is 0.338 e. The quantitative estimate of drug-likeness (QED) is 0.668. The molecule has 0 aliphatic carbocycles. The summed E-state index contributed by atoms with van der Waals surface area (Å²) >= 11 is 0. The number of anilines is 1. The number of nitrogens with one attached hydrogen (secondary N) is 1. The van der Waals surface area contributed by atoms with E-state index in [1.165, 1.54) is 0 Å². The van der Waals surface area contributed by atoms with Gasteiger partial charge in [-0.1, -0.05) is 48.5 Å². The van der Waals surface area contributed by atoms with Crippen LogP contribution in [-0.4, -0.2) is 25.1 Å². The number of esters is 1. The molecule has 5 heteroatoms. The molecular weight excluding hydrogens is 342 g/mol. The van der Waals surface area contributed by atoms with Crippen molar-refractivity contribution in [3.8, 4) is 0 Å². The molecule has 0 saturated heterocycles. The standard InChI is InChI=1S/C22H21NO4/c1-15(27-22(25)18-12-10-16(11-13-18)14-26-2)21(24)23-20-9-5-7-17-6-3-4-8-19(17)20/h3-13,15H,14H2,1-2H3,(H,23,24). The summed E-state index contributed by atoms with van der Waals surface area (Å²) in [6.45, 7) is 2.02. The lowest BCUT2D eigenvalue weighted by Crippen LogP contribution is -2.30. The van der Waals surface area contributed by atoms with Gasteiger partial charge >= 0.3 is 5.97 Å². The molecule has 0 aliphatic rings. The molecule has 0 aromatic heterocycles. The van der Waals surface area contributed by atoms with Crippen LogP contribution in [0, 0.1) is 0 Å². The molecule has 1 amide bonds. The lowest BCUT2D eigenvalue weighted by molar-refractivity contribution is -0.123. The van der Waals surface area contributed by atoms with E-state index >= 15 is 0 Å². The molecule has 0 aliphatic heterocycles. The smallest absolute Gasteiger partial charge is 0.338 e. The summed E-state index contributed by atoms with van der Waals surface area (Å²) in [5, 5.41) is 4.79. The third kappa shape index (κ3) is 4.51. The van der Waals surface area contributed by atoms with Crippen molar-refractivity contribution in [1.29, 1.82) is 0 Å². The number of methoxy groups -OCH3 is 1. The van der Waals surface area contributed by atoms with Crippen LogP contribution < -0.4 is 5.32 Å². The molecule has 0 saturated carbocycles. The molecule has 3 aromatic carbocycles. The molecule has 3 rings (SSSR count). The summed E-state index contributed by atoms with van der Waals surface area (Å²) in [4.78, 5) is 24.7. The molecule has 0 bridgehead atoms. The Morgan fingerprint density at radius 1 is 0.963 bits per heavy atom. The molecule has 1 atom stereocenters. The van der Waals surface area contributed by atoms with Crippen LogP contribution in [0.5, 0.6) is 0 Å². The van der Waals surface area contributed by atoms with Gasteiger partial charge in [0.05, 0.1) is 12.2 Å². The predicted octanol–water partition coefficient (Wildman–Crippen LogP) is 4.17. The minimum Gasteiger partial charge on any atom is -0.449 e. The summed E-state index contributed by atoms with van der Waals surface area (Å²) in [5.74, 6) is -0.921. The summed E-state index contributed by atoms with van der Waals surface area (Å²) in [6.07, 6.45) is -0.921.